The van der Waals surface area contributed by atoms with Gasteiger partial charge in [-0.15, -0.1) is 0 Å². The molecule has 24 heavy (non-hydrogen) atoms. The summed E-state index contributed by atoms with van der Waals surface area (Å²) in [6.07, 6.45) is 7.38. The van der Waals surface area contributed by atoms with E-state index in [0.717, 1.165) is 50.3 Å². The number of aryl methyl sites for hydroxylation is 3. The van der Waals surface area contributed by atoms with Crippen LogP contribution < -0.4 is 0 Å². The second-order valence-corrected chi connectivity index (χ2v) is 6.98. The van der Waals surface area contributed by atoms with Crippen LogP contribution >= 0.6 is 0 Å². The molecule has 0 saturated carbocycles. The SMILES string of the molecule is Cc1cnn(CC2CCN(C(=O)CCc3n[nH]c(C)c3C)CC2)c1. The summed E-state index contributed by atoms with van der Waals surface area (Å²) in [6.45, 7) is 8.82. The minimum Gasteiger partial charge on any atom is -0.343 e. The fraction of sp³-hybridized carbons (Fsp3) is 0.611. The first kappa shape index (κ1) is 16.7. The number of aromatic amines is 1. The Labute approximate surface area is 143 Å². The van der Waals surface area contributed by atoms with Crippen molar-refractivity contribution in [3.8, 4) is 0 Å². The van der Waals surface area contributed by atoms with Crippen LogP contribution in [-0.2, 0) is 17.8 Å². The minimum atomic E-state index is 0.253. The Kier molecular flexibility index (Phi) is 5.02. The predicted octanol–water partition coefficient (Wildman–Crippen LogP) is 2.40. The van der Waals surface area contributed by atoms with Crippen LogP contribution in [0.3, 0.4) is 0 Å². The van der Waals surface area contributed by atoms with Gasteiger partial charge in [0.05, 0.1) is 11.9 Å². The molecule has 1 N–H and O–H groups in total. The highest BCUT2D eigenvalue weighted by atomic mass is 16.2. The molecule has 6 heteroatoms. The smallest absolute Gasteiger partial charge is 0.222 e. The van der Waals surface area contributed by atoms with Crippen LogP contribution in [-0.4, -0.2) is 43.9 Å². The zero-order valence-corrected chi connectivity index (χ0v) is 14.9. The van der Waals surface area contributed by atoms with E-state index in [4.69, 9.17) is 0 Å². The van der Waals surface area contributed by atoms with Crippen LogP contribution in [0.15, 0.2) is 12.4 Å². The lowest BCUT2D eigenvalue weighted by Crippen LogP contribution is -2.39. The van der Waals surface area contributed by atoms with Crippen molar-refractivity contribution in [3.63, 3.8) is 0 Å². The Morgan fingerprint density at radius 1 is 1.29 bits per heavy atom. The molecule has 1 aliphatic heterocycles. The number of nitrogens with one attached hydrogen (secondary N) is 1. The Morgan fingerprint density at radius 2 is 2.04 bits per heavy atom. The van der Waals surface area contributed by atoms with E-state index in [1.807, 2.05) is 22.7 Å². The lowest BCUT2D eigenvalue weighted by molar-refractivity contribution is -0.132. The molecule has 1 fully saturated rings. The summed E-state index contributed by atoms with van der Waals surface area (Å²) < 4.78 is 2.03. The maximum Gasteiger partial charge on any atom is 0.222 e. The zero-order chi connectivity index (χ0) is 17.1. The molecule has 1 aliphatic rings. The maximum atomic E-state index is 12.4. The molecule has 2 aromatic heterocycles. The molecule has 6 nitrogen and oxygen atoms in total. The number of hydrogen-bond donors (Lipinski definition) is 1. The van der Waals surface area contributed by atoms with Gasteiger partial charge in [0.15, 0.2) is 0 Å². The summed E-state index contributed by atoms with van der Waals surface area (Å²) in [7, 11) is 0. The van der Waals surface area contributed by atoms with Crippen LogP contribution in [0.25, 0.3) is 0 Å². The molecule has 0 bridgehead atoms. The molecule has 1 amide bonds. The van der Waals surface area contributed by atoms with Gasteiger partial charge >= 0.3 is 0 Å². The van der Waals surface area contributed by atoms with E-state index in [0.29, 0.717) is 12.3 Å². The first-order chi connectivity index (χ1) is 11.5. The van der Waals surface area contributed by atoms with Crippen LogP contribution in [0.5, 0.6) is 0 Å². The highest BCUT2D eigenvalue weighted by molar-refractivity contribution is 5.76. The molecule has 0 aromatic carbocycles. The number of H-pyrrole nitrogens is 1. The van der Waals surface area contributed by atoms with Gasteiger partial charge in [-0.2, -0.15) is 10.2 Å². The predicted molar refractivity (Wildman–Crippen MR) is 92.7 cm³/mol. The monoisotopic (exact) mass is 329 g/mol. The van der Waals surface area contributed by atoms with Crippen LogP contribution in [0.4, 0.5) is 0 Å². The molecule has 2 aromatic rings. The summed E-state index contributed by atoms with van der Waals surface area (Å²) in [5, 5.41) is 11.6. The van der Waals surface area contributed by atoms with Crippen molar-refractivity contribution in [1.82, 2.24) is 24.9 Å². The molecule has 130 valence electrons. The summed E-state index contributed by atoms with van der Waals surface area (Å²) in [6, 6.07) is 0. The number of nitrogens with zero attached hydrogens (tertiary/aromatic N) is 4. The third-order valence-corrected chi connectivity index (χ3v) is 5.10. The average molecular weight is 329 g/mol. The Hall–Kier alpha value is -2.11. The molecule has 1 saturated heterocycles. The Morgan fingerprint density at radius 3 is 2.62 bits per heavy atom. The number of amides is 1. The van der Waals surface area contributed by atoms with E-state index >= 15 is 0 Å². The van der Waals surface area contributed by atoms with Crippen LogP contribution in [0.2, 0.25) is 0 Å². The van der Waals surface area contributed by atoms with Gasteiger partial charge in [0, 0.05) is 44.4 Å². The van der Waals surface area contributed by atoms with Crippen molar-refractivity contribution >= 4 is 5.91 Å². The lowest BCUT2D eigenvalue weighted by atomic mass is 9.96. The standard InChI is InChI=1S/C18H27N5O/c1-13-10-19-23(11-13)12-16-6-8-22(9-7-16)18(24)5-4-17-14(2)15(3)20-21-17/h10-11,16H,4-9,12H2,1-3H3,(H,20,21). The molecule has 0 spiro atoms. The van der Waals surface area contributed by atoms with Gasteiger partial charge in [-0.05, 0) is 50.7 Å². The van der Waals surface area contributed by atoms with E-state index in [2.05, 4.69) is 35.3 Å². The Balaban J connectivity index is 1.44. The van der Waals surface area contributed by atoms with Crippen LogP contribution in [0.1, 0.15) is 41.8 Å². The van der Waals surface area contributed by atoms with Crippen molar-refractivity contribution in [2.45, 2.75) is 53.0 Å². The molecular weight excluding hydrogens is 302 g/mol. The molecule has 0 aliphatic carbocycles. The van der Waals surface area contributed by atoms with Gasteiger partial charge < -0.3 is 4.90 Å². The maximum absolute atomic E-state index is 12.4. The number of hydrogen-bond acceptors (Lipinski definition) is 3. The highest BCUT2D eigenvalue weighted by Gasteiger charge is 2.23. The molecule has 0 atom stereocenters. The zero-order valence-electron chi connectivity index (χ0n) is 14.9. The van der Waals surface area contributed by atoms with Gasteiger partial charge in [-0.25, -0.2) is 0 Å². The normalized spacial score (nSPS) is 15.9. The molecular formula is C18H27N5O. The molecule has 0 unspecified atom stereocenters. The van der Waals surface area contributed by atoms with Crippen molar-refractivity contribution in [3.05, 3.63) is 34.9 Å². The van der Waals surface area contributed by atoms with Gasteiger partial charge in [0.1, 0.15) is 0 Å². The topological polar surface area (TPSA) is 66.8 Å². The highest BCUT2D eigenvalue weighted by Crippen LogP contribution is 2.20. The van der Waals surface area contributed by atoms with Gasteiger partial charge in [-0.1, -0.05) is 0 Å². The second kappa shape index (κ2) is 7.20. The van der Waals surface area contributed by atoms with Crippen LogP contribution in [0, 0.1) is 26.7 Å². The van der Waals surface area contributed by atoms with E-state index in [1.165, 1.54) is 11.1 Å². The quantitative estimate of drug-likeness (QED) is 0.916. The fourth-order valence-electron chi connectivity index (χ4n) is 3.36. The summed E-state index contributed by atoms with van der Waals surface area (Å²) in [5.41, 5.74) is 4.49. The first-order valence-corrected chi connectivity index (χ1v) is 8.80. The summed E-state index contributed by atoms with van der Waals surface area (Å²) in [5.74, 6) is 0.869. The molecule has 0 radical (unpaired) electrons. The van der Waals surface area contributed by atoms with Crippen molar-refractivity contribution in [1.29, 1.82) is 0 Å². The number of piperidine rings is 1. The van der Waals surface area contributed by atoms with Gasteiger partial charge in [0.2, 0.25) is 5.91 Å². The third-order valence-electron chi connectivity index (χ3n) is 5.10. The van der Waals surface area contributed by atoms with E-state index < -0.39 is 0 Å². The summed E-state index contributed by atoms with van der Waals surface area (Å²) >= 11 is 0. The first-order valence-electron chi connectivity index (χ1n) is 8.80. The van der Waals surface area contributed by atoms with Crippen molar-refractivity contribution in [2.24, 2.45) is 5.92 Å². The number of rotatable bonds is 5. The molecule has 3 rings (SSSR count). The fourth-order valence-corrected chi connectivity index (χ4v) is 3.36. The lowest BCUT2D eigenvalue weighted by Gasteiger charge is -2.32. The minimum absolute atomic E-state index is 0.253. The number of carbonyl (C=O) groups excluding carboxylic acids is 1. The number of carbonyl (C=O) groups is 1. The van der Waals surface area contributed by atoms with Crippen molar-refractivity contribution in [2.75, 3.05) is 13.1 Å². The van der Waals surface area contributed by atoms with Gasteiger partial charge in [0.25, 0.3) is 0 Å². The Bertz CT molecular complexity index is 694. The number of likely N-dealkylation sites (tertiary alicyclic amines) is 1. The van der Waals surface area contributed by atoms with Gasteiger partial charge in [-0.3, -0.25) is 14.6 Å². The average Bonchev–Trinajstić information content (AvgIpc) is 3.12. The number of aromatic nitrogens is 4. The largest absolute Gasteiger partial charge is 0.343 e. The third kappa shape index (κ3) is 3.86. The van der Waals surface area contributed by atoms with E-state index in [1.54, 1.807) is 0 Å². The van der Waals surface area contributed by atoms with E-state index in [-0.39, 0.29) is 5.91 Å². The van der Waals surface area contributed by atoms with Crippen molar-refractivity contribution < 1.29 is 4.79 Å². The molecule has 3 heterocycles. The van der Waals surface area contributed by atoms with E-state index in [9.17, 15) is 4.79 Å². The second-order valence-electron chi connectivity index (χ2n) is 6.98. The summed E-state index contributed by atoms with van der Waals surface area (Å²) in [4.78, 5) is 14.4.